The molecule has 0 bridgehead atoms. The normalized spacial score (nSPS) is 15.4. The number of benzene rings is 8. The summed E-state index contributed by atoms with van der Waals surface area (Å²) < 4.78 is 483. The van der Waals surface area contributed by atoms with Gasteiger partial charge in [-0.15, -0.1) is 0 Å². The Morgan fingerprint density at radius 2 is 0.553 bits per heavy atom. The number of morpholine rings is 1. The van der Waals surface area contributed by atoms with E-state index >= 15 is 0 Å². The SMILES string of the molecule is C=Cc1cc(C(F)(F)F)cc(C(F)(F)F)c1.OB(O)c1ccc(F)cc1.OC(O)C(O)O.OCCNC[C@@H](O)c1cc(C(F)(F)F)cc(C(F)(F)F)c1.OCCNC[C@@H](O)c1cc(C(F)(F)F)cc(C(F)(F)F)c1.OC[C@@H](O)c1cc(C(F)(F)F)cc(C(F)(F)F)c1.OC[C@@H](O)c1cc(C(F)(F)F)cc(C(F)(F)F)c1.O[C@H](CN1CCO[C@@H](O)[C@@H]1c1ccc(F)cc1)c1cc(C(F)(F)F)cc(C(F)(F)F)c1. The van der Waals surface area contributed by atoms with E-state index in [9.17, 15) is 187 Å². The van der Waals surface area contributed by atoms with Gasteiger partial charge in [0.15, 0.2) is 6.29 Å². The Morgan fingerprint density at radius 1 is 0.333 bits per heavy atom. The Bertz CT molecular complexity index is 4760. The van der Waals surface area contributed by atoms with E-state index in [1.807, 2.05) is 0 Å². The number of hydrogen-bond donors (Lipinski definition) is 18. The molecule has 0 spiro atoms. The molecule has 1 fully saturated rings. The van der Waals surface area contributed by atoms with Gasteiger partial charge in [0.2, 0.25) is 12.6 Å². The number of ether oxygens (including phenoxy) is 1. The fourth-order valence-corrected chi connectivity index (χ4v) is 10.9. The van der Waals surface area contributed by atoms with E-state index in [1.54, 1.807) is 0 Å². The Kier molecular flexibility index (Phi) is 47.9. The highest BCUT2D eigenvalue weighted by Crippen LogP contribution is 2.46. The summed E-state index contributed by atoms with van der Waals surface area (Å²) >= 11 is 0. The van der Waals surface area contributed by atoms with Crippen molar-refractivity contribution < 1.29 is 253 Å². The van der Waals surface area contributed by atoms with Gasteiger partial charge in [-0.1, -0.05) is 36.9 Å². The third-order valence-electron chi connectivity index (χ3n) is 17.8. The smallest absolute Gasteiger partial charge is 0.423 e. The number of aliphatic hydroxyl groups is 14. The van der Waals surface area contributed by atoms with Crippen molar-refractivity contribution in [2.24, 2.45) is 0 Å². The molecular weight excluding hydrogens is 2030 g/mol. The van der Waals surface area contributed by atoms with E-state index in [0.29, 0.717) is 83.8 Å². The van der Waals surface area contributed by atoms with Gasteiger partial charge >= 0.3 is 81.2 Å². The summed E-state index contributed by atoms with van der Waals surface area (Å²) in [5, 5.41) is 145. The molecule has 20 nitrogen and oxygen atoms in total. The summed E-state index contributed by atoms with van der Waals surface area (Å²) in [5.74, 6) is -0.922. The average Bonchev–Trinajstić information content (AvgIpc) is 0.727. The first-order valence-electron chi connectivity index (χ1n) is 38.3. The molecule has 9 rings (SSSR count). The van der Waals surface area contributed by atoms with Crippen LogP contribution >= 0.6 is 0 Å². The second-order valence-electron chi connectivity index (χ2n) is 28.5. The fraction of sp³-hybridized carbons (Fsp3) is 0.390. The lowest BCUT2D eigenvalue weighted by Gasteiger charge is -2.40. The minimum atomic E-state index is -5.04. The average molecular weight is 2110 g/mol. The van der Waals surface area contributed by atoms with Crippen LogP contribution in [-0.4, -0.2) is 185 Å². The molecule has 1 saturated heterocycles. The molecule has 0 aromatic heterocycles. The van der Waals surface area contributed by atoms with Crippen molar-refractivity contribution in [1.82, 2.24) is 15.5 Å². The van der Waals surface area contributed by atoms with Crippen LogP contribution in [0.5, 0.6) is 0 Å². The number of nitrogens with zero attached hydrogens (tertiary/aromatic N) is 1. The topological polar surface area (TPSA) is 360 Å². The first-order chi connectivity index (χ1) is 64.1. The molecule has 18 N–H and O–H groups in total. The second kappa shape index (κ2) is 53.1. The quantitative estimate of drug-likeness (QED) is 0.0137. The van der Waals surface area contributed by atoms with Crippen LogP contribution in [0.15, 0.2) is 164 Å². The predicted octanol–water partition coefficient (Wildman–Crippen LogP) is 15.9. The molecule has 7 atom stereocenters. The van der Waals surface area contributed by atoms with Crippen LogP contribution in [0, 0.1) is 11.6 Å². The van der Waals surface area contributed by atoms with Crippen LogP contribution in [0.4, 0.5) is 167 Å². The van der Waals surface area contributed by atoms with Gasteiger partial charge in [-0.3, -0.25) is 4.90 Å². The molecule has 8 aromatic carbocycles. The van der Waals surface area contributed by atoms with Gasteiger partial charge in [0.1, 0.15) is 23.8 Å². The molecule has 0 unspecified atom stereocenters. The molecule has 792 valence electrons. The van der Waals surface area contributed by atoms with Crippen LogP contribution in [0.2, 0.25) is 0 Å². The zero-order valence-electron chi connectivity index (χ0n) is 70.2. The van der Waals surface area contributed by atoms with E-state index in [0.717, 1.165) is 18.2 Å². The first kappa shape index (κ1) is 127. The van der Waals surface area contributed by atoms with Gasteiger partial charge < -0.3 is 96.9 Å². The molecular formula is C82H78BF38N3O17. The summed E-state index contributed by atoms with van der Waals surface area (Å²) in [6.45, 7) is -0.0416. The van der Waals surface area contributed by atoms with Crippen LogP contribution in [0.1, 0.15) is 142 Å². The lowest BCUT2D eigenvalue weighted by atomic mass is 9.80. The molecule has 1 aliphatic heterocycles. The number of halogens is 38. The summed E-state index contributed by atoms with van der Waals surface area (Å²) in [6.07, 6.45) is -72.3. The number of hydrogen-bond acceptors (Lipinski definition) is 20. The minimum Gasteiger partial charge on any atom is -0.423 e. The largest absolute Gasteiger partial charge is 0.488 e. The van der Waals surface area contributed by atoms with E-state index < -0.39 is 250 Å². The fourth-order valence-electron chi connectivity index (χ4n) is 10.9. The molecule has 0 aliphatic carbocycles. The Labute approximate surface area is 768 Å². The highest BCUT2D eigenvalue weighted by Gasteiger charge is 2.45. The number of aliphatic hydroxyl groups excluding tert-OH is 12. The number of nitrogens with one attached hydrogen (secondary N) is 2. The van der Waals surface area contributed by atoms with Crippen molar-refractivity contribution in [3.8, 4) is 0 Å². The van der Waals surface area contributed by atoms with Crippen molar-refractivity contribution in [1.29, 1.82) is 0 Å². The van der Waals surface area contributed by atoms with Gasteiger partial charge in [0.25, 0.3) is 0 Å². The maximum Gasteiger partial charge on any atom is 0.488 e. The standard InChI is InChI=1S/C20H18F7NO3.2C12H13F6NO2.2C10H8F6O2.C10H6F6.C6H6BFO2.C2H6O4/c21-15-3-1-11(2-4-15)17-18(30)31-6-5-28(17)10-16(29)12-7-13(19(22,23)24)9-14(8-12)20(25,26)27;2*13-11(14,15)8-3-7(10(21)6-19-1-2-20)4-9(5-8)12(16,17)18;2*11-9(12,13)6-1-5(8(18)4-17)2-7(3-6)10(14,15)16;1-2-6-3-7(9(11,12)13)5-8(4-6)10(14,15)16;8-6-3-1-5(2-4-6)7(9)10;3-1(4)2(5)6/h1-4,7-9,16-18,29-30H,5-6,10H2;2*3-5,10,19-21H,1-2,6H2;2*1-3,8,17-18H,4H2;2-5H,1H2;1-4,9-10H;1-6H/t16-,17+,18-;2*10-;2*8-;;;/m11111.../s1. The Morgan fingerprint density at radius 3 is 0.759 bits per heavy atom. The number of β-amino-alcohol motifs (C(OH)–C–C–N with tert-alkyl or cyclic N) is 1. The summed E-state index contributed by atoms with van der Waals surface area (Å²) in [6, 6.07) is 14.6. The van der Waals surface area contributed by atoms with Gasteiger partial charge in [-0.25, -0.2) is 8.78 Å². The molecule has 141 heavy (non-hydrogen) atoms. The monoisotopic (exact) mass is 2110 g/mol. The molecule has 0 radical (unpaired) electrons. The van der Waals surface area contributed by atoms with Crippen LogP contribution in [0.25, 0.3) is 6.08 Å². The van der Waals surface area contributed by atoms with Crippen molar-refractivity contribution in [2.45, 2.75) is 130 Å². The van der Waals surface area contributed by atoms with E-state index in [4.69, 9.17) is 65.9 Å². The minimum absolute atomic E-state index is 0.00261. The third-order valence-corrected chi connectivity index (χ3v) is 17.8. The summed E-state index contributed by atoms with van der Waals surface area (Å²) in [4.78, 5) is 1.46. The van der Waals surface area contributed by atoms with Crippen molar-refractivity contribution in [3.05, 3.63) is 282 Å². The predicted molar refractivity (Wildman–Crippen MR) is 413 cm³/mol. The van der Waals surface area contributed by atoms with Crippen molar-refractivity contribution >= 4 is 18.7 Å². The van der Waals surface area contributed by atoms with Gasteiger partial charge in [0, 0.05) is 39.3 Å². The molecule has 59 heteroatoms. The third kappa shape index (κ3) is 44.1. The van der Waals surface area contributed by atoms with Crippen LogP contribution in [-0.2, 0) is 78.9 Å². The Hall–Kier alpha value is -9.90. The van der Waals surface area contributed by atoms with Crippen molar-refractivity contribution in [2.75, 3.05) is 72.3 Å². The van der Waals surface area contributed by atoms with E-state index in [1.165, 1.54) is 41.3 Å². The summed E-state index contributed by atoms with van der Waals surface area (Å²) in [5.41, 5.74) is -20.1. The van der Waals surface area contributed by atoms with E-state index in [-0.39, 0.29) is 107 Å². The van der Waals surface area contributed by atoms with E-state index in [2.05, 4.69) is 17.2 Å². The molecule has 8 aromatic rings. The first-order valence-corrected chi connectivity index (χ1v) is 38.3. The van der Waals surface area contributed by atoms with Crippen molar-refractivity contribution in [3.63, 3.8) is 0 Å². The molecule has 0 amide bonds. The maximum absolute atomic E-state index is 13.2. The number of alkyl halides is 36. The zero-order valence-corrected chi connectivity index (χ0v) is 70.2. The molecule has 1 aliphatic rings. The van der Waals surface area contributed by atoms with Gasteiger partial charge in [-0.2, -0.15) is 158 Å². The highest BCUT2D eigenvalue weighted by molar-refractivity contribution is 6.58. The second-order valence-corrected chi connectivity index (χ2v) is 28.5. The molecule has 1 heterocycles. The van der Waals surface area contributed by atoms with Crippen LogP contribution in [0.3, 0.4) is 0 Å². The molecule has 0 saturated carbocycles. The zero-order chi connectivity index (χ0) is 109. The maximum atomic E-state index is 13.2. The highest BCUT2D eigenvalue weighted by atomic mass is 19.5. The van der Waals surface area contributed by atoms with Crippen LogP contribution < -0.4 is 16.1 Å². The van der Waals surface area contributed by atoms with Gasteiger partial charge in [0.05, 0.1) is 124 Å². The lowest BCUT2D eigenvalue weighted by Crippen LogP contribution is -2.46. The van der Waals surface area contributed by atoms with Gasteiger partial charge in [-0.05, 0) is 178 Å². The lowest BCUT2D eigenvalue weighted by molar-refractivity contribution is -0.207. The number of rotatable bonds is 21. The summed E-state index contributed by atoms with van der Waals surface area (Å²) in [7, 11) is -1.51. The Balaban J connectivity index is 0.000000560.